The lowest BCUT2D eigenvalue weighted by Gasteiger charge is -2.21. The van der Waals surface area contributed by atoms with Gasteiger partial charge in [0, 0.05) is 23.4 Å². The fourth-order valence-corrected chi connectivity index (χ4v) is 1.65. The summed E-state index contributed by atoms with van der Waals surface area (Å²) < 4.78 is 16.0. The molecule has 0 fully saturated rings. The summed E-state index contributed by atoms with van der Waals surface area (Å²) in [5, 5.41) is 0. The lowest BCUT2D eigenvalue weighted by atomic mass is 10.1. The van der Waals surface area contributed by atoms with Crippen molar-refractivity contribution in [1.82, 2.24) is 0 Å². The van der Waals surface area contributed by atoms with Gasteiger partial charge in [0.2, 0.25) is 0 Å². The maximum atomic E-state index is 5.79. The molecule has 1 aromatic carbocycles. The molecule has 0 aliphatic carbocycles. The monoisotopic (exact) mass is 209 g/mol. The van der Waals surface area contributed by atoms with Gasteiger partial charge in [-0.2, -0.15) is 0 Å². The maximum Gasteiger partial charge on any atom is 0.189 e. The molecule has 0 atom stereocenters. The molecule has 1 heterocycles. The summed E-state index contributed by atoms with van der Waals surface area (Å²) in [5.41, 5.74) is 8.50. The minimum Gasteiger partial charge on any atom is -0.467 e. The van der Waals surface area contributed by atoms with Gasteiger partial charge in [0.25, 0.3) is 0 Å². The second-order valence-electron chi connectivity index (χ2n) is 3.42. The van der Waals surface area contributed by atoms with Gasteiger partial charge in [-0.25, -0.2) is 0 Å². The molecule has 2 N–H and O–H groups in total. The van der Waals surface area contributed by atoms with Crippen molar-refractivity contribution in [1.29, 1.82) is 0 Å². The van der Waals surface area contributed by atoms with Crippen molar-refractivity contribution in [3.05, 3.63) is 23.3 Å². The van der Waals surface area contributed by atoms with E-state index in [1.54, 1.807) is 0 Å². The van der Waals surface area contributed by atoms with Crippen LogP contribution in [0.5, 0.6) is 5.75 Å². The molecule has 1 aliphatic rings. The molecule has 0 bridgehead atoms. The minimum absolute atomic E-state index is 0.302. The van der Waals surface area contributed by atoms with E-state index >= 15 is 0 Å². The average molecular weight is 209 g/mol. The molecular weight excluding hydrogens is 194 g/mol. The lowest BCUT2D eigenvalue weighted by molar-refractivity contribution is -0.0182. The van der Waals surface area contributed by atoms with Crippen LogP contribution in [0.2, 0.25) is 0 Å². The summed E-state index contributed by atoms with van der Waals surface area (Å²) in [6.07, 6.45) is 0. The number of benzene rings is 1. The molecule has 0 saturated carbocycles. The van der Waals surface area contributed by atoms with Gasteiger partial charge in [0.15, 0.2) is 6.79 Å². The molecule has 0 radical (unpaired) electrons. The Morgan fingerprint density at radius 1 is 1.47 bits per heavy atom. The molecule has 0 saturated heterocycles. The quantitative estimate of drug-likeness (QED) is 0.769. The number of anilines is 1. The molecular formula is C11H15NO3. The van der Waals surface area contributed by atoms with Crippen molar-refractivity contribution in [2.75, 3.05) is 19.1 Å². The third-order valence-corrected chi connectivity index (χ3v) is 2.27. The van der Waals surface area contributed by atoms with Crippen molar-refractivity contribution in [3.8, 4) is 5.75 Å². The summed E-state index contributed by atoms with van der Waals surface area (Å²) in [7, 11) is 0. The maximum absolute atomic E-state index is 5.79. The van der Waals surface area contributed by atoms with E-state index in [1.807, 2.05) is 19.1 Å². The summed E-state index contributed by atoms with van der Waals surface area (Å²) >= 11 is 0. The van der Waals surface area contributed by atoms with E-state index in [2.05, 4.69) is 0 Å². The van der Waals surface area contributed by atoms with Crippen molar-refractivity contribution >= 4 is 5.69 Å². The lowest BCUT2D eigenvalue weighted by Crippen LogP contribution is -2.14. The zero-order valence-corrected chi connectivity index (χ0v) is 8.79. The van der Waals surface area contributed by atoms with E-state index in [4.69, 9.17) is 19.9 Å². The summed E-state index contributed by atoms with van der Waals surface area (Å²) in [6, 6.07) is 3.77. The number of fused-ring (bicyclic) bond motifs is 1. The highest BCUT2D eigenvalue weighted by Crippen LogP contribution is 2.31. The summed E-state index contributed by atoms with van der Waals surface area (Å²) in [5.74, 6) is 0.865. The van der Waals surface area contributed by atoms with Crippen molar-refractivity contribution in [2.45, 2.75) is 20.1 Å². The van der Waals surface area contributed by atoms with Crippen LogP contribution in [0.4, 0.5) is 5.69 Å². The number of hydrogen-bond acceptors (Lipinski definition) is 4. The van der Waals surface area contributed by atoms with Crippen LogP contribution in [-0.4, -0.2) is 13.4 Å². The highest BCUT2D eigenvalue weighted by atomic mass is 16.7. The number of rotatable bonds is 3. The Morgan fingerprint density at radius 3 is 3.13 bits per heavy atom. The van der Waals surface area contributed by atoms with Gasteiger partial charge in [-0.3, -0.25) is 0 Å². The van der Waals surface area contributed by atoms with E-state index < -0.39 is 0 Å². The molecule has 0 aromatic heterocycles. The molecule has 1 aliphatic heterocycles. The largest absolute Gasteiger partial charge is 0.467 e. The first-order valence-electron chi connectivity index (χ1n) is 5.01. The van der Waals surface area contributed by atoms with Gasteiger partial charge < -0.3 is 19.9 Å². The second-order valence-corrected chi connectivity index (χ2v) is 3.42. The van der Waals surface area contributed by atoms with Crippen molar-refractivity contribution < 1.29 is 14.2 Å². The predicted octanol–water partition coefficient (Wildman–Crippen LogP) is 1.67. The second kappa shape index (κ2) is 4.51. The fraction of sp³-hybridized carbons (Fsp3) is 0.455. The highest BCUT2D eigenvalue weighted by Gasteiger charge is 2.15. The van der Waals surface area contributed by atoms with Gasteiger partial charge in [0.1, 0.15) is 5.75 Å². The molecule has 0 amide bonds. The molecule has 0 unspecified atom stereocenters. The number of nitrogens with two attached hydrogens (primary N) is 1. The molecule has 4 heteroatoms. The first-order valence-corrected chi connectivity index (χ1v) is 5.01. The Kier molecular flexibility index (Phi) is 3.08. The Morgan fingerprint density at radius 2 is 2.33 bits per heavy atom. The van der Waals surface area contributed by atoms with Gasteiger partial charge >= 0.3 is 0 Å². The van der Waals surface area contributed by atoms with E-state index in [-0.39, 0.29) is 0 Å². The van der Waals surface area contributed by atoms with Crippen LogP contribution in [0.3, 0.4) is 0 Å². The Balaban J connectivity index is 2.30. The van der Waals surface area contributed by atoms with E-state index in [1.165, 1.54) is 0 Å². The molecule has 82 valence electrons. The minimum atomic E-state index is 0.302. The first-order chi connectivity index (χ1) is 7.31. The standard InChI is InChI=1S/C11H15NO3/c1-2-13-5-8-3-10(12)4-9-6-14-7-15-11(8)9/h3-4H,2,5-7,12H2,1H3. The van der Waals surface area contributed by atoms with Crippen LogP contribution in [0.1, 0.15) is 18.1 Å². The first kappa shape index (κ1) is 10.3. The van der Waals surface area contributed by atoms with Crippen LogP contribution in [0.15, 0.2) is 12.1 Å². The van der Waals surface area contributed by atoms with Crippen LogP contribution >= 0.6 is 0 Å². The van der Waals surface area contributed by atoms with E-state index in [0.717, 1.165) is 22.6 Å². The number of ether oxygens (including phenoxy) is 3. The molecule has 2 rings (SSSR count). The van der Waals surface area contributed by atoms with Crippen LogP contribution in [0.25, 0.3) is 0 Å². The Bertz CT molecular complexity index is 352. The van der Waals surface area contributed by atoms with E-state index in [0.29, 0.717) is 26.6 Å². The zero-order valence-electron chi connectivity index (χ0n) is 8.79. The highest BCUT2D eigenvalue weighted by molar-refractivity contribution is 5.53. The third-order valence-electron chi connectivity index (χ3n) is 2.27. The fourth-order valence-electron chi connectivity index (χ4n) is 1.65. The van der Waals surface area contributed by atoms with Gasteiger partial charge in [0.05, 0.1) is 13.2 Å². The number of nitrogen functional groups attached to an aromatic ring is 1. The van der Waals surface area contributed by atoms with Gasteiger partial charge in [-0.1, -0.05) is 0 Å². The molecule has 4 nitrogen and oxygen atoms in total. The van der Waals surface area contributed by atoms with Gasteiger partial charge in [-0.05, 0) is 19.1 Å². The Labute approximate surface area is 88.9 Å². The Hall–Kier alpha value is -1.26. The van der Waals surface area contributed by atoms with Crippen LogP contribution in [-0.2, 0) is 22.7 Å². The molecule has 0 spiro atoms. The van der Waals surface area contributed by atoms with E-state index in [9.17, 15) is 0 Å². The SMILES string of the molecule is CCOCc1cc(N)cc2c1OCOC2. The zero-order chi connectivity index (χ0) is 10.7. The molecule has 1 aromatic rings. The van der Waals surface area contributed by atoms with Crippen molar-refractivity contribution in [3.63, 3.8) is 0 Å². The number of hydrogen-bond donors (Lipinski definition) is 1. The predicted molar refractivity (Wildman–Crippen MR) is 56.5 cm³/mol. The third kappa shape index (κ3) is 2.22. The van der Waals surface area contributed by atoms with Crippen LogP contribution in [0, 0.1) is 0 Å². The van der Waals surface area contributed by atoms with Crippen LogP contribution < -0.4 is 10.5 Å². The molecule has 15 heavy (non-hydrogen) atoms. The topological polar surface area (TPSA) is 53.7 Å². The smallest absolute Gasteiger partial charge is 0.189 e. The van der Waals surface area contributed by atoms with Gasteiger partial charge in [-0.15, -0.1) is 0 Å². The summed E-state index contributed by atoms with van der Waals surface area (Å²) in [6.45, 7) is 4.03. The average Bonchev–Trinajstić information content (AvgIpc) is 2.25. The van der Waals surface area contributed by atoms with Crippen molar-refractivity contribution in [2.24, 2.45) is 0 Å². The summed E-state index contributed by atoms with van der Waals surface area (Å²) in [4.78, 5) is 0. The normalized spacial score (nSPS) is 14.5.